The molecule has 0 spiro atoms. The molecule has 0 bridgehead atoms. The normalized spacial score (nSPS) is 14.3. The van der Waals surface area contributed by atoms with Crippen LogP contribution in [0.1, 0.15) is 34.9 Å². The highest BCUT2D eigenvalue weighted by atomic mass is 32.2. The van der Waals surface area contributed by atoms with Gasteiger partial charge in [0.15, 0.2) is 5.16 Å². The molecule has 1 N–H and O–H groups in total. The lowest BCUT2D eigenvalue weighted by Crippen LogP contribution is -2.26. The fourth-order valence-corrected chi connectivity index (χ4v) is 5.84. The van der Waals surface area contributed by atoms with E-state index < -0.39 is 0 Å². The second-order valence-electron chi connectivity index (χ2n) is 7.31. The van der Waals surface area contributed by atoms with Gasteiger partial charge in [-0.05, 0) is 56.7 Å². The van der Waals surface area contributed by atoms with Gasteiger partial charge in [0, 0.05) is 17.6 Å². The molecule has 0 aliphatic heterocycles. The van der Waals surface area contributed by atoms with Crippen molar-refractivity contribution in [1.82, 2.24) is 9.55 Å². The Morgan fingerprint density at radius 2 is 2.00 bits per heavy atom. The maximum Gasteiger partial charge on any atom is 0.262 e. The Balaban J connectivity index is 1.60. The van der Waals surface area contributed by atoms with Gasteiger partial charge in [0.25, 0.3) is 5.56 Å². The molecule has 4 rings (SSSR count). The molecule has 1 amide bonds. The number of benzene rings is 1. The van der Waals surface area contributed by atoms with E-state index >= 15 is 0 Å². The summed E-state index contributed by atoms with van der Waals surface area (Å²) in [6.45, 7) is 5.81. The fourth-order valence-electron chi connectivity index (χ4n) is 3.66. The van der Waals surface area contributed by atoms with Crippen LogP contribution in [0.25, 0.3) is 10.2 Å². The number of para-hydroxylation sites is 1. The van der Waals surface area contributed by atoms with Crippen LogP contribution in [-0.2, 0) is 24.7 Å². The number of aromatic nitrogens is 2. The maximum absolute atomic E-state index is 12.9. The van der Waals surface area contributed by atoms with E-state index in [9.17, 15) is 9.59 Å². The van der Waals surface area contributed by atoms with Crippen LogP contribution in [0.15, 0.2) is 28.2 Å². The molecule has 146 valence electrons. The number of carbonyl (C=O) groups excluding carboxylic acids is 1. The number of carbonyl (C=O) groups is 1. The van der Waals surface area contributed by atoms with Crippen molar-refractivity contribution in [3.8, 4) is 0 Å². The van der Waals surface area contributed by atoms with Gasteiger partial charge in [-0.3, -0.25) is 14.2 Å². The van der Waals surface area contributed by atoms with Crippen molar-refractivity contribution in [3.05, 3.63) is 50.1 Å². The first-order chi connectivity index (χ1) is 13.4. The van der Waals surface area contributed by atoms with Gasteiger partial charge in [-0.1, -0.05) is 30.0 Å². The maximum atomic E-state index is 12.9. The van der Waals surface area contributed by atoms with Gasteiger partial charge in [0.05, 0.1) is 10.6 Å². The van der Waals surface area contributed by atoms with Gasteiger partial charge in [0.2, 0.25) is 5.91 Å². The number of thioether (sulfide) groups is 1. The third-order valence-corrected chi connectivity index (χ3v) is 7.62. The van der Waals surface area contributed by atoms with Gasteiger partial charge >= 0.3 is 0 Å². The molecule has 3 aromatic rings. The number of hydrogen-bond donors (Lipinski definition) is 1. The van der Waals surface area contributed by atoms with Crippen LogP contribution in [-0.4, -0.2) is 20.7 Å². The van der Waals surface area contributed by atoms with Gasteiger partial charge in [-0.25, -0.2) is 4.98 Å². The van der Waals surface area contributed by atoms with Crippen LogP contribution >= 0.6 is 23.1 Å². The summed E-state index contributed by atoms with van der Waals surface area (Å²) in [5.74, 6) is -0.0922. The van der Waals surface area contributed by atoms with Crippen molar-refractivity contribution >= 4 is 44.9 Å². The first-order valence-corrected chi connectivity index (χ1v) is 11.1. The molecule has 0 saturated carbocycles. The SMILES string of the molecule is Cc1cccc(C)c1NC(=O)C(C)Sc1nc2sc3c(c2c(=O)n1C)CCC3. The zero-order valence-corrected chi connectivity index (χ0v) is 18.1. The zero-order valence-electron chi connectivity index (χ0n) is 16.5. The zero-order chi connectivity index (χ0) is 20.0. The van der Waals surface area contributed by atoms with Crippen molar-refractivity contribution in [3.63, 3.8) is 0 Å². The molecule has 5 nitrogen and oxygen atoms in total. The first-order valence-electron chi connectivity index (χ1n) is 9.42. The smallest absolute Gasteiger partial charge is 0.262 e. The molecule has 1 atom stereocenters. The van der Waals surface area contributed by atoms with E-state index in [2.05, 4.69) is 5.32 Å². The molecule has 2 heterocycles. The predicted octanol–water partition coefficient (Wildman–Crippen LogP) is 4.22. The summed E-state index contributed by atoms with van der Waals surface area (Å²) in [6.07, 6.45) is 3.12. The summed E-state index contributed by atoms with van der Waals surface area (Å²) in [5, 5.41) is 4.01. The monoisotopic (exact) mass is 413 g/mol. The number of thiophene rings is 1. The Hall–Kier alpha value is -2.12. The lowest BCUT2D eigenvalue weighted by atomic mass is 10.1. The Morgan fingerprint density at radius 1 is 1.29 bits per heavy atom. The average Bonchev–Trinajstić information content (AvgIpc) is 3.23. The molecule has 28 heavy (non-hydrogen) atoms. The molecule has 1 aromatic carbocycles. The topological polar surface area (TPSA) is 64.0 Å². The Bertz CT molecular complexity index is 1130. The van der Waals surface area contributed by atoms with E-state index in [1.165, 1.54) is 22.2 Å². The predicted molar refractivity (Wildman–Crippen MR) is 117 cm³/mol. The molecule has 1 aliphatic rings. The summed E-state index contributed by atoms with van der Waals surface area (Å²) in [5.41, 5.74) is 4.10. The highest BCUT2D eigenvalue weighted by molar-refractivity contribution is 8.00. The van der Waals surface area contributed by atoms with Gasteiger partial charge in [-0.15, -0.1) is 11.3 Å². The summed E-state index contributed by atoms with van der Waals surface area (Å²) in [6, 6.07) is 5.94. The molecular formula is C21H23N3O2S2. The number of fused-ring (bicyclic) bond motifs is 3. The van der Waals surface area contributed by atoms with Crippen LogP contribution < -0.4 is 10.9 Å². The van der Waals surface area contributed by atoms with Crippen LogP contribution in [0, 0.1) is 13.8 Å². The van der Waals surface area contributed by atoms with Gasteiger partial charge in [-0.2, -0.15) is 0 Å². The van der Waals surface area contributed by atoms with Crippen LogP contribution in [0.3, 0.4) is 0 Å². The van der Waals surface area contributed by atoms with E-state index in [0.717, 1.165) is 46.3 Å². The number of nitrogens with zero attached hydrogens (tertiary/aromatic N) is 2. The van der Waals surface area contributed by atoms with Crippen molar-refractivity contribution in [1.29, 1.82) is 0 Å². The molecule has 1 unspecified atom stereocenters. The lowest BCUT2D eigenvalue weighted by Gasteiger charge is -2.16. The molecular weight excluding hydrogens is 390 g/mol. The van der Waals surface area contributed by atoms with Crippen molar-refractivity contribution in [2.24, 2.45) is 7.05 Å². The summed E-state index contributed by atoms with van der Waals surface area (Å²) >= 11 is 2.95. The molecule has 0 saturated heterocycles. The Morgan fingerprint density at radius 3 is 2.71 bits per heavy atom. The van der Waals surface area contributed by atoms with E-state index in [0.29, 0.717) is 5.16 Å². The largest absolute Gasteiger partial charge is 0.325 e. The van der Waals surface area contributed by atoms with E-state index in [-0.39, 0.29) is 16.7 Å². The first kappa shape index (κ1) is 19.2. The standard InChI is InChI=1S/C21H23N3O2S2/c1-11-7-5-8-12(2)17(11)22-18(25)13(3)27-21-23-19-16(20(26)24(21)4)14-9-6-10-15(14)28-19/h5,7-8,13H,6,9-10H2,1-4H3,(H,22,25). The van der Waals surface area contributed by atoms with E-state index in [1.807, 2.05) is 39.0 Å². The minimum Gasteiger partial charge on any atom is -0.325 e. The number of hydrogen-bond acceptors (Lipinski definition) is 5. The van der Waals surface area contributed by atoms with Gasteiger partial charge in [0.1, 0.15) is 4.83 Å². The third-order valence-electron chi connectivity index (χ3n) is 5.29. The van der Waals surface area contributed by atoms with Crippen LogP contribution in [0.5, 0.6) is 0 Å². The van der Waals surface area contributed by atoms with Crippen molar-refractivity contribution in [2.75, 3.05) is 5.32 Å². The second-order valence-corrected chi connectivity index (χ2v) is 9.70. The van der Waals surface area contributed by atoms with Crippen LogP contribution in [0.2, 0.25) is 0 Å². The third kappa shape index (κ3) is 3.26. The minimum absolute atomic E-state index is 0.00532. The number of nitrogens with one attached hydrogen (secondary N) is 1. The summed E-state index contributed by atoms with van der Waals surface area (Å²) in [7, 11) is 1.74. The molecule has 2 aromatic heterocycles. The Kier molecular flexibility index (Phi) is 5.05. The summed E-state index contributed by atoms with van der Waals surface area (Å²) < 4.78 is 1.58. The lowest BCUT2D eigenvalue weighted by molar-refractivity contribution is -0.115. The quantitative estimate of drug-likeness (QED) is 0.514. The van der Waals surface area contributed by atoms with Crippen LogP contribution in [0.4, 0.5) is 5.69 Å². The average molecular weight is 414 g/mol. The fraction of sp³-hybridized carbons (Fsp3) is 0.381. The summed E-state index contributed by atoms with van der Waals surface area (Å²) in [4.78, 5) is 32.5. The number of amides is 1. The molecule has 0 fully saturated rings. The van der Waals surface area contributed by atoms with Crippen molar-refractivity contribution < 1.29 is 4.79 Å². The van der Waals surface area contributed by atoms with Gasteiger partial charge < -0.3 is 5.32 Å². The Labute approximate surface area is 172 Å². The van der Waals surface area contributed by atoms with E-state index in [4.69, 9.17) is 4.98 Å². The molecule has 1 aliphatic carbocycles. The van der Waals surface area contributed by atoms with E-state index in [1.54, 1.807) is 23.0 Å². The second kappa shape index (κ2) is 7.37. The number of rotatable bonds is 4. The number of aryl methyl sites for hydroxylation is 4. The highest BCUT2D eigenvalue weighted by Crippen LogP contribution is 2.36. The van der Waals surface area contributed by atoms with Crippen molar-refractivity contribution in [2.45, 2.75) is 50.4 Å². The number of anilines is 1. The highest BCUT2D eigenvalue weighted by Gasteiger charge is 2.24. The molecule has 7 heteroatoms. The molecule has 0 radical (unpaired) electrons. The minimum atomic E-state index is -0.374.